The molecule has 0 spiro atoms. The van der Waals surface area contributed by atoms with Crippen molar-refractivity contribution in [3.63, 3.8) is 0 Å². The summed E-state index contributed by atoms with van der Waals surface area (Å²) in [6.07, 6.45) is 5.92. The van der Waals surface area contributed by atoms with Gasteiger partial charge in [-0.3, -0.25) is 0 Å². The van der Waals surface area contributed by atoms with E-state index in [4.69, 9.17) is 4.74 Å². The second-order valence-corrected chi connectivity index (χ2v) is 4.06. The van der Waals surface area contributed by atoms with Gasteiger partial charge in [0.15, 0.2) is 0 Å². The third-order valence-corrected chi connectivity index (χ3v) is 3.89. The van der Waals surface area contributed by atoms with Gasteiger partial charge in [0.2, 0.25) is 0 Å². The van der Waals surface area contributed by atoms with Gasteiger partial charge in [-0.2, -0.15) is 0 Å². The van der Waals surface area contributed by atoms with E-state index in [2.05, 4.69) is 15.9 Å². The molecule has 58 valence electrons. The van der Waals surface area contributed by atoms with E-state index < -0.39 is 0 Å². The van der Waals surface area contributed by atoms with E-state index >= 15 is 0 Å². The summed E-state index contributed by atoms with van der Waals surface area (Å²) in [5, 5.41) is 1.14. The standard InChI is InChI=1S/C8H13BrO/c9-6-8(3-4-8)7-2-1-5-10-7/h7H,1-6H2. The van der Waals surface area contributed by atoms with Gasteiger partial charge in [0.05, 0.1) is 6.10 Å². The SMILES string of the molecule is BrCC1(C2CCCO2)CC1. The van der Waals surface area contributed by atoms with Crippen LogP contribution in [0.2, 0.25) is 0 Å². The molecule has 2 fully saturated rings. The zero-order valence-electron chi connectivity index (χ0n) is 6.11. The number of rotatable bonds is 2. The average Bonchev–Trinajstić information content (AvgIpc) is 2.58. The molecule has 2 aliphatic rings. The lowest BCUT2D eigenvalue weighted by Gasteiger charge is -2.18. The Balaban J connectivity index is 1.96. The monoisotopic (exact) mass is 204 g/mol. The normalized spacial score (nSPS) is 36.3. The van der Waals surface area contributed by atoms with Gasteiger partial charge in [-0.1, -0.05) is 15.9 Å². The van der Waals surface area contributed by atoms with Gasteiger partial charge < -0.3 is 4.74 Å². The fourth-order valence-electron chi connectivity index (χ4n) is 1.76. The van der Waals surface area contributed by atoms with Crippen LogP contribution in [0.5, 0.6) is 0 Å². The van der Waals surface area contributed by atoms with Crippen LogP contribution in [0, 0.1) is 5.41 Å². The zero-order chi connectivity index (χ0) is 7.03. The highest BCUT2D eigenvalue weighted by Crippen LogP contribution is 2.53. The molecule has 1 unspecified atom stereocenters. The van der Waals surface area contributed by atoms with Crippen LogP contribution in [0.25, 0.3) is 0 Å². The Morgan fingerprint density at radius 2 is 2.30 bits per heavy atom. The van der Waals surface area contributed by atoms with Crippen LogP contribution in [0.3, 0.4) is 0 Å². The molecule has 1 nitrogen and oxygen atoms in total. The van der Waals surface area contributed by atoms with Crippen LogP contribution in [0.15, 0.2) is 0 Å². The largest absolute Gasteiger partial charge is 0.378 e. The van der Waals surface area contributed by atoms with Gasteiger partial charge in [-0.15, -0.1) is 0 Å². The maximum atomic E-state index is 5.64. The van der Waals surface area contributed by atoms with Gasteiger partial charge in [0.25, 0.3) is 0 Å². The minimum Gasteiger partial charge on any atom is -0.378 e. The molecule has 1 atom stereocenters. The van der Waals surface area contributed by atoms with Crippen molar-refractivity contribution in [1.82, 2.24) is 0 Å². The molecule has 1 saturated carbocycles. The number of hydrogen-bond acceptors (Lipinski definition) is 1. The molecular formula is C8H13BrO. The molecular weight excluding hydrogens is 192 g/mol. The molecule has 2 heteroatoms. The number of halogens is 1. The summed E-state index contributed by atoms with van der Waals surface area (Å²) in [7, 11) is 0. The van der Waals surface area contributed by atoms with E-state index in [0.717, 1.165) is 11.9 Å². The van der Waals surface area contributed by atoms with Gasteiger partial charge in [-0.25, -0.2) is 0 Å². The van der Waals surface area contributed by atoms with E-state index in [-0.39, 0.29) is 0 Å². The van der Waals surface area contributed by atoms with E-state index in [1.54, 1.807) is 0 Å². The zero-order valence-corrected chi connectivity index (χ0v) is 7.69. The van der Waals surface area contributed by atoms with E-state index in [1.807, 2.05) is 0 Å². The number of hydrogen-bond donors (Lipinski definition) is 0. The molecule has 0 bridgehead atoms. The highest BCUT2D eigenvalue weighted by atomic mass is 79.9. The molecule has 1 saturated heterocycles. The van der Waals surface area contributed by atoms with Crippen molar-refractivity contribution in [2.45, 2.75) is 31.8 Å². The Bertz CT molecular complexity index is 125. The van der Waals surface area contributed by atoms with Gasteiger partial charge in [0, 0.05) is 17.4 Å². The van der Waals surface area contributed by atoms with Crippen molar-refractivity contribution >= 4 is 15.9 Å². The Morgan fingerprint density at radius 1 is 1.50 bits per heavy atom. The van der Waals surface area contributed by atoms with Crippen molar-refractivity contribution in [3.8, 4) is 0 Å². The van der Waals surface area contributed by atoms with E-state index in [1.165, 1.54) is 25.7 Å². The third kappa shape index (κ3) is 1.02. The van der Waals surface area contributed by atoms with Crippen molar-refractivity contribution in [2.24, 2.45) is 5.41 Å². The van der Waals surface area contributed by atoms with E-state index in [9.17, 15) is 0 Å². The molecule has 0 aromatic heterocycles. The van der Waals surface area contributed by atoms with Crippen LogP contribution >= 0.6 is 15.9 Å². The van der Waals surface area contributed by atoms with Crippen molar-refractivity contribution in [2.75, 3.05) is 11.9 Å². The lowest BCUT2D eigenvalue weighted by molar-refractivity contribution is 0.0613. The first-order valence-corrected chi connectivity index (χ1v) is 5.17. The summed E-state index contributed by atoms with van der Waals surface area (Å²) >= 11 is 3.56. The lowest BCUT2D eigenvalue weighted by Crippen LogP contribution is -2.22. The highest BCUT2D eigenvalue weighted by molar-refractivity contribution is 9.09. The van der Waals surface area contributed by atoms with Crippen molar-refractivity contribution in [1.29, 1.82) is 0 Å². The maximum absolute atomic E-state index is 5.64. The Kier molecular flexibility index (Phi) is 1.77. The second-order valence-electron chi connectivity index (χ2n) is 3.50. The predicted molar refractivity (Wildman–Crippen MR) is 44.4 cm³/mol. The molecule has 10 heavy (non-hydrogen) atoms. The van der Waals surface area contributed by atoms with Gasteiger partial charge in [-0.05, 0) is 25.7 Å². The summed E-state index contributed by atoms with van der Waals surface area (Å²) in [5.74, 6) is 0. The summed E-state index contributed by atoms with van der Waals surface area (Å²) < 4.78 is 5.64. The molecule has 0 N–H and O–H groups in total. The summed E-state index contributed by atoms with van der Waals surface area (Å²) in [6.45, 7) is 0.999. The quantitative estimate of drug-likeness (QED) is 0.628. The van der Waals surface area contributed by atoms with Crippen LogP contribution in [0.4, 0.5) is 0 Å². The highest BCUT2D eigenvalue weighted by Gasteiger charge is 2.49. The maximum Gasteiger partial charge on any atom is 0.0640 e. The average molecular weight is 205 g/mol. The van der Waals surface area contributed by atoms with Crippen LogP contribution < -0.4 is 0 Å². The lowest BCUT2D eigenvalue weighted by atomic mass is 10.00. The summed E-state index contributed by atoms with van der Waals surface area (Å²) in [6, 6.07) is 0. The molecule has 2 rings (SSSR count). The minimum atomic E-state index is 0.566. The molecule has 0 radical (unpaired) electrons. The second kappa shape index (κ2) is 2.49. The van der Waals surface area contributed by atoms with Gasteiger partial charge in [0.1, 0.15) is 0 Å². The summed E-state index contributed by atoms with van der Waals surface area (Å²) in [4.78, 5) is 0. The first-order chi connectivity index (χ1) is 4.87. The van der Waals surface area contributed by atoms with Crippen LogP contribution in [0.1, 0.15) is 25.7 Å². The summed E-state index contributed by atoms with van der Waals surface area (Å²) in [5.41, 5.74) is 0.566. The fourth-order valence-corrected chi connectivity index (χ4v) is 2.68. The van der Waals surface area contributed by atoms with Crippen molar-refractivity contribution in [3.05, 3.63) is 0 Å². The van der Waals surface area contributed by atoms with Crippen molar-refractivity contribution < 1.29 is 4.74 Å². The molecule has 1 aliphatic heterocycles. The van der Waals surface area contributed by atoms with Crippen LogP contribution in [-0.2, 0) is 4.74 Å². The first kappa shape index (κ1) is 7.11. The molecule has 1 aliphatic carbocycles. The first-order valence-electron chi connectivity index (χ1n) is 4.05. The number of alkyl halides is 1. The molecule has 0 aromatic carbocycles. The predicted octanol–water partition coefficient (Wildman–Crippen LogP) is 2.34. The van der Waals surface area contributed by atoms with Gasteiger partial charge >= 0.3 is 0 Å². The topological polar surface area (TPSA) is 9.23 Å². The fraction of sp³-hybridized carbons (Fsp3) is 1.00. The minimum absolute atomic E-state index is 0.566. The third-order valence-electron chi connectivity index (χ3n) is 2.77. The van der Waals surface area contributed by atoms with E-state index in [0.29, 0.717) is 11.5 Å². The Morgan fingerprint density at radius 3 is 2.70 bits per heavy atom. The molecule has 1 heterocycles. The molecule has 0 amide bonds. The Labute approximate surface area is 70.3 Å². The smallest absolute Gasteiger partial charge is 0.0640 e. The Hall–Kier alpha value is 0.440. The van der Waals surface area contributed by atoms with Crippen LogP contribution in [-0.4, -0.2) is 18.0 Å². The molecule has 0 aromatic rings. The number of ether oxygens (including phenoxy) is 1.